The summed E-state index contributed by atoms with van der Waals surface area (Å²) in [6.07, 6.45) is 21.9. The van der Waals surface area contributed by atoms with Crippen LogP contribution in [0.5, 0.6) is 0 Å². The van der Waals surface area contributed by atoms with Gasteiger partial charge in [-0.05, 0) is 82.8 Å². The lowest BCUT2D eigenvalue weighted by molar-refractivity contribution is 0.0986. The fourth-order valence-electron chi connectivity index (χ4n) is 13.1. The molecule has 0 aliphatic carbocycles. The van der Waals surface area contributed by atoms with E-state index in [1.807, 2.05) is 189 Å². The van der Waals surface area contributed by atoms with Gasteiger partial charge in [0, 0.05) is 140 Å². The third kappa shape index (κ3) is 17.6. The van der Waals surface area contributed by atoms with Gasteiger partial charge in [0.25, 0.3) is 0 Å². The van der Waals surface area contributed by atoms with Gasteiger partial charge < -0.3 is 18.3 Å². The van der Waals surface area contributed by atoms with Crippen LogP contribution in [0.2, 0.25) is 0 Å². The molecule has 0 N–H and O–H groups in total. The van der Waals surface area contributed by atoms with Crippen LogP contribution in [0.25, 0.3) is 75.9 Å². The average Bonchev–Trinajstić information content (AvgIpc) is 1.63. The Kier molecular flexibility index (Phi) is 27.3. The summed E-state index contributed by atoms with van der Waals surface area (Å²) in [5, 5.41) is 10.5. The molecule has 0 bridgehead atoms. The number of aryl methyl sites for hydroxylation is 4. The second-order valence-electron chi connectivity index (χ2n) is 25.5. The highest BCUT2D eigenvalue weighted by Crippen LogP contribution is 2.32. The second kappa shape index (κ2) is 37.0. The minimum absolute atomic E-state index is 0.0881. The van der Waals surface area contributed by atoms with Gasteiger partial charge in [0.1, 0.15) is 0 Å². The molecule has 0 aliphatic rings. The summed E-state index contributed by atoms with van der Waals surface area (Å²) in [5.41, 5.74) is 10.2. The molecular weight excluding hydrogens is 1210 g/mol. The Hall–Kier alpha value is -10.2. The Labute approximate surface area is 586 Å². The highest BCUT2D eigenvalue weighted by molar-refractivity contribution is 6.23. The van der Waals surface area contributed by atoms with E-state index in [1.165, 1.54) is 63.3 Å². The number of nitrogens with zero attached hydrogens (tertiary/aromatic N) is 4. The number of Topliss-reactive ketones (excluding diaryl/α,β-unsaturated/α-hetero) is 1. The lowest BCUT2D eigenvalue weighted by Crippen LogP contribution is -2.02. The van der Waals surface area contributed by atoms with Gasteiger partial charge in [-0.15, -0.1) is 0 Å². The number of benzene rings is 10. The van der Waals surface area contributed by atoms with Crippen LogP contribution in [0, 0.1) is 0 Å². The van der Waals surface area contributed by atoms with Crippen molar-refractivity contribution in [2.75, 3.05) is 0 Å². The van der Waals surface area contributed by atoms with Crippen LogP contribution in [0.4, 0.5) is 0 Å². The van der Waals surface area contributed by atoms with Crippen molar-refractivity contribution in [3.8, 4) is 0 Å². The fraction of sp³-hybridized carbons (Fsp3) is 0.275. The molecule has 14 rings (SSSR count). The first kappa shape index (κ1) is 73.1. The summed E-state index contributed by atoms with van der Waals surface area (Å²) in [5.74, 6) is 0.533. The van der Waals surface area contributed by atoms with E-state index in [4.69, 9.17) is 0 Å². The summed E-state index contributed by atoms with van der Waals surface area (Å²) in [6.45, 7) is 22.9. The molecule has 0 fully saturated rings. The normalized spacial score (nSPS) is 10.9. The SMILES string of the molecule is CCC.CCC.CCCCCn1cc(C(=O)CC)c2ccccc21.CCCCCn1cc(C(=O)c2cccc3ccccc23)c2ccccc21.CCCCCn1cc(C(=O)c2cccc3ccccc23)c2ccccc21.CCn1cc(C(=O)c2cccc3ccccc23)c2ccccc21. The standard InChI is InChI=1S/2C24H23NO.C21H17NO.C16H21NO.2C3H8/c2*1-2-3-8-16-25-17-22(20-13-6-7-15-23(20)25)24(26)21-14-9-11-18-10-4-5-12-19(18)21;1-2-22-14-19(17-11-5-6-13-20(17)22)21(23)18-12-7-9-15-8-3-4-10-16(15)18;1-3-5-8-11-17-12-14(16(18)4-2)13-9-6-7-10-15(13)17;2*1-3-2/h2*4-7,9-15,17H,2-3,8,16H2,1H3;3-14H,2H2,1H3;6-7,9-10,12H,3-5,8,11H2,1-2H3;2*3H2,1-2H3. The lowest BCUT2D eigenvalue weighted by atomic mass is 9.97. The zero-order valence-electron chi connectivity index (χ0n) is 59.9. The van der Waals surface area contributed by atoms with Crippen LogP contribution in [0.15, 0.2) is 249 Å². The Morgan fingerprint density at radius 2 is 0.495 bits per heavy atom. The van der Waals surface area contributed by atoms with E-state index < -0.39 is 0 Å². The molecule has 14 aromatic rings. The maximum absolute atomic E-state index is 13.4. The topological polar surface area (TPSA) is 88.0 Å². The van der Waals surface area contributed by atoms with Crippen LogP contribution in [-0.4, -0.2) is 41.4 Å². The number of carbonyl (C=O) groups is 4. The number of ketones is 4. The number of para-hydroxylation sites is 4. The van der Waals surface area contributed by atoms with Crippen LogP contribution in [0.1, 0.15) is 197 Å². The molecule has 8 heteroatoms. The molecule has 0 amide bonds. The molecule has 0 unspecified atom stereocenters. The quantitative estimate of drug-likeness (QED) is 0.0530. The summed E-state index contributed by atoms with van der Waals surface area (Å²) in [7, 11) is 0. The highest BCUT2D eigenvalue weighted by Gasteiger charge is 2.22. The molecule has 8 nitrogen and oxygen atoms in total. The van der Waals surface area contributed by atoms with Crippen molar-refractivity contribution in [2.24, 2.45) is 0 Å². The molecule has 0 atom stereocenters. The van der Waals surface area contributed by atoms with Gasteiger partial charge in [0.15, 0.2) is 23.1 Å². The molecule has 0 aliphatic heterocycles. The molecular formula is C91H100N4O4. The van der Waals surface area contributed by atoms with Crippen molar-refractivity contribution in [3.63, 3.8) is 0 Å². The summed E-state index contributed by atoms with van der Waals surface area (Å²) in [6, 6.07) is 74.8. The number of aromatic nitrogens is 4. The molecule has 0 spiro atoms. The maximum atomic E-state index is 13.4. The molecule has 4 heterocycles. The zero-order valence-corrected chi connectivity index (χ0v) is 59.9. The van der Waals surface area contributed by atoms with Crippen molar-refractivity contribution < 1.29 is 19.2 Å². The van der Waals surface area contributed by atoms with Crippen LogP contribution in [0.3, 0.4) is 0 Å². The summed E-state index contributed by atoms with van der Waals surface area (Å²) < 4.78 is 8.84. The van der Waals surface area contributed by atoms with Gasteiger partial charge in [-0.3, -0.25) is 19.2 Å². The lowest BCUT2D eigenvalue weighted by Gasteiger charge is -2.05. The first-order valence-corrected chi connectivity index (χ1v) is 36.4. The maximum Gasteiger partial charge on any atom is 0.195 e. The predicted molar refractivity (Wildman–Crippen MR) is 421 cm³/mol. The smallest absolute Gasteiger partial charge is 0.195 e. The van der Waals surface area contributed by atoms with E-state index in [-0.39, 0.29) is 23.1 Å². The summed E-state index contributed by atoms with van der Waals surface area (Å²) in [4.78, 5) is 52.0. The molecule has 4 aromatic heterocycles. The van der Waals surface area contributed by atoms with E-state index in [9.17, 15) is 19.2 Å². The monoisotopic (exact) mass is 1310 g/mol. The molecule has 0 radical (unpaired) electrons. The third-order valence-corrected chi connectivity index (χ3v) is 18.0. The molecule has 0 saturated heterocycles. The second-order valence-corrected chi connectivity index (χ2v) is 25.5. The van der Waals surface area contributed by atoms with E-state index in [1.54, 1.807) is 0 Å². The number of fused-ring (bicyclic) bond motifs is 7. The third-order valence-electron chi connectivity index (χ3n) is 18.0. The minimum Gasteiger partial charge on any atom is -0.347 e. The van der Waals surface area contributed by atoms with Gasteiger partial charge >= 0.3 is 0 Å². The number of carbonyl (C=O) groups excluding carboxylic acids is 4. The van der Waals surface area contributed by atoms with Crippen molar-refractivity contribution in [3.05, 3.63) is 288 Å². The predicted octanol–water partition coefficient (Wildman–Crippen LogP) is 24.7. The Morgan fingerprint density at radius 3 is 0.788 bits per heavy atom. The van der Waals surface area contributed by atoms with Crippen molar-refractivity contribution in [2.45, 2.75) is 166 Å². The Morgan fingerprint density at radius 1 is 0.253 bits per heavy atom. The fourth-order valence-corrected chi connectivity index (χ4v) is 13.1. The zero-order chi connectivity index (χ0) is 70.0. The van der Waals surface area contributed by atoms with Crippen LogP contribution >= 0.6 is 0 Å². The van der Waals surface area contributed by atoms with Crippen molar-refractivity contribution in [1.82, 2.24) is 18.3 Å². The molecule has 99 heavy (non-hydrogen) atoms. The van der Waals surface area contributed by atoms with E-state index in [2.05, 4.69) is 140 Å². The number of rotatable bonds is 21. The van der Waals surface area contributed by atoms with Crippen molar-refractivity contribution >= 4 is 99.1 Å². The number of hydrogen-bond donors (Lipinski definition) is 0. The molecule has 0 saturated carbocycles. The van der Waals surface area contributed by atoms with E-state index in [0.717, 1.165) is 148 Å². The highest BCUT2D eigenvalue weighted by atomic mass is 16.1. The first-order chi connectivity index (χ1) is 48.5. The molecule has 10 aromatic carbocycles. The molecule has 508 valence electrons. The average molecular weight is 1310 g/mol. The first-order valence-electron chi connectivity index (χ1n) is 36.4. The minimum atomic E-state index is 0.0881. The van der Waals surface area contributed by atoms with Crippen LogP contribution < -0.4 is 0 Å². The van der Waals surface area contributed by atoms with Crippen molar-refractivity contribution in [1.29, 1.82) is 0 Å². The Balaban J connectivity index is 0.000000151. The number of unbranched alkanes of at least 4 members (excludes halogenated alkanes) is 6. The Bertz CT molecular complexity index is 4780. The van der Waals surface area contributed by atoms with Gasteiger partial charge in [-0.1, -0.05) is 307 Å². The van der Waals surface area contributed by atoms with Gasteiger partial charge in [-0.2, -0.15) is 0 Å². The number of hydrogen-bond acceptors (Lipinski definition) is 4. The van der Waals surface area contributed by atoms with Gasteiger partial charge in [0.05, 0.1) is 0 Å². The van der Waals surface area contributed by atoms with E-state index in [0.29, 0.717) is 6.42 Å². The van der Waals surface area contributed by atoms with Crippen LogP contribution in [-0.2, 0) is 26.2 Å². The van der Waals surface area contributed by atoms with E-state index >= 15 is 0 Å². The van der Waals surface area contributed by atoms with Gasteiger partial charge in [0.2, 0.25) is 0 Å². The van der Waals surface area contributed by atoms with Gasteiger partial charge in [-0.25, -0.2) is 0 Å². The largest absolute Gasteiger partial charge is 0.347 e. The summed E-state index contributed by atoms with van der Waals surface area (Å²) >= 11 is 0.